The molecule has 0 unspecified atom stereocenters. The zero-order chi connectivity index (χ0) is 17.6. The van der Waals surface area contributed by atoms with E-state index in [1.54, 1.807) is 0 Å². The zero-order valence-electron chi connectivity index (χ0n) is 14.7. The highest BCUT2D eigenvalue weighted by molar-refractivity contribution is 5.84. The second-order valence-electron chi connectivity index (χ2n) is 6.30. The molecule has 6 heteroatoms. The van der Waals surface area contributed by atoms with Gasteiger partial charge in [0.15, 0.2) is 0 Å². The molecule has 2 aromatic rings. The Morgan fingerprint density at radius 2 is 1.80 bits per heavy atom. The summed E-state index contributed by atoms with van der Waals surface area (Å²) in [6.45, 7) is 6.28. The monoisotopic (exact) mass is 340 g/mol. The van der Waals surface area contributed by atoms with Crippen molar-refractivity contribution in [2.45, 2.75) is 26.3 Å². The van der Waals surface area contributed by atoms with Gasteiger partial charge in [0.25, 0.3) is 0 Å². The molecule has 0 aliphatic carbocycles. The summed E-state index contributed by atoms with van der Waals surface area (Å²) in [5, 5.41) is 3.25. The van der Waals surface area contributed by atoms with Gasteiger partial charge in [-0.1, -0.05) is 30.3 Å². The first-order valence-electron chi connectivity index (χ1n) is 8.61. The van der Waals surface area contributed by atoms with Gasteiger partial charge in [0.05, 0.1) is 13.2 Å². The van der Waals surface area contributed by atoms with E-state index in [2.05, 4.69) is 15.3 Å². The third-order valence-electron chi connectivity index (χ3n) is 4.19. The number of aryl methyl sites for hydroxylation is 2. The maximum atomic E-state index is 13.0. The Bertz CT molecular complexity index is 694. The number of carbonyl (C=O) groups is 1. The van der Waals surface area contributed by atoms with E-state index in [4.69, 9.17) is 4.74 Å². The van der Waals surface area contributed by atoms with Gasteiger partial charge < -0.3 is 15.0 Å². The average molecular weight is 340 g/mol. The summed E-state index contributed by atoms with van der Waals surface area (Å²) in [6, 6.07) is 11.5. The van der Waals surface area contributed by atoms with Crippen LogP contribution < -0.4 is 5.32 Å². The van der Waals surface area contributed by atoms with Crippen molar-refractivity contribution in [3.63, 3.8) is 0 Å². The van der Waals surface area contributed by atoms with Crippen LogP contribution in [0, 0.1) is 13.8 Å². The smallest absolute Gasteiger partial charge is 0.245 e. The normalized spacial score (nSPS) is 15.7. The maximum Gasteiger partial charge on any atom is 0.245 e. The van der Waals surface area contributed by atoms with Gasteiger partial charge in [-0.05, 0) is 25.5 Å². The SMILES string of the molecule is Cc1cc(C)nc(N[C@H](Cc2ccccc2)C(=O)N2CCOCC2)n1. The molecule has 132 valence electrons. The van der Waals surface area contributed by atoms with E-state index in [1.165, 1.54) is 0 Å². The Morgan fingerprint density at radius 1 is 1.16 bits per heavy atom. The highest BCUT2D eigenvalue weighted by Crippen LogP contribution is 2.13. The number of nitrogens with one attached hydrogen (secondary N) is 1. The number of carbonyl (C=O) groups excluding carboxylic acids is 1. The van der Waals surface area contributed by atoms with Crippen LogP contribution in [0.2, 0.25) is 0 Å². The van der Waals surface area contributed by atoms with Crippen LogP contribution in [0.15, 0.2) is 36.4 Å². The van der Waals surface area contributed by atoms with Crippen molar-refractivity contribution in [1.82, 2.24) is 14.9 Å². The fraction of sp³-hybridized carbons (Fsp3) is 0.421. The number of nitrogens with zero attached hydrogens (tertiary/aromatic N) is 3. The molecule has 0 radical (unpaired) electrons. The van der Waals surface area contributed by atoms with E-state index < -0.39 is 6.04 Å². The predicted molar refractivity (Wildman–Crippen MR) is 96.5 cm³/mol. The largest absolute Gasteiger partial charge is 0.378 e. The number of amides is 1. The lowest BCUT2D eigenvalue weighted by molar-refractivity contribution is -0.136. The molecule has 0 spiro atoms. The van der Waals surface area contributed by atoms with Gasteiger partial charge >= 0.3 is 0 Å². The molecule has 25 heavy (non-hydrogen) atoms. The van der Waals surface area contributed by atoms with Crippen molar-refractivity contribution in [1.29, 1.82) is 0 Å². The summed E-state index contributed by atoms with van der Waals surface area (Å²) in [7, 11) is 0. The van der Waals surface area contributed by atoms with Crippen LogP contribution in [-0.4, -0.2) is 53.1 Å². The minimum absolute atomic E-state index is 0.0647. The number of anilines is 1. The summed E-state index contributed by atoms with van der Waals surface area (Å²) >= 11 is 0. The predicted octanol–water partition coefficient (Wildman–Crippen LogP) is 1.98. The Balaban J connectivity index is 1.81. The number of aromatic nitrogens is 2. The van der Waals surface area contributed by atoms with Gasteiger partial charge in [-0.25, -0.2) is 9.97 Å². The Morgan fingerprint density at radius 3 is 2.44 bits per heavy atom. The average Bonchev–Trinajstić information content (AvgIpc) is 2.61. The minimum Gasteiger partial charge on any atom is -0.378 e. The molecule has 6 nitrogen and oxygen atoms in total. The van der Waals surface area contributed by atoms with E-state index >= 15 is 0 Å². The fourth-order valence-corrected chi connectivity index (χ4v) is 3.00. The molecular formula is C19H24N4O2. The molecular weight excluding hydrogens is 316 g/mol. The maximum absolute atomic E-state index is 13.0. The van der Waals surface area contributed by atoms with E-state index in [1.807, 2.05) is 55.1 Å². The van der Waals surface area contributed by atoms with Gasteiger partial charge in [0, 0.05) is 30.9 Å². The quantitative estimate of drug-likeness (QED) is 0.901. The third kappa shape index (κ3) is 4.76. The van der Waals surface area contributed by atoms with Crippen LogP contribution >= 0.6 is 0 Å². The van der Waals surface area contributed by atoms with Crippen molar-refractivity contribution in [3.8, 4) is 0 Å². The number of hydrogen-bond donors (Lipinski definition) is 1. The van der Waals surface area contributed by atoms with E-state index in [-0.39, 0.29) is 5.91 Å². The minimum atomic E-state index is -0.401. The van der Waals surface area contributed by atoms with Gasteiger partial charge in [0.2, 0.25) is 11.9 Å². The van der Waals surface area contributed by atoms with Crippen LogP contribution in [0.4, 0.5) is 5.95 Å². The van der Waals surface area contributed by atoms with E-state index in [0.717, 1.165) is 17.0 Å². The Hall–Kier alpha value is -2.47. The van der Waals surface area contributed by atoms with Crippen molar-refractivity contribution in [3.05, 3.63) is 53.3 Å². The number of hydrogen-bond acceptors (Lipinski definition) is 5. The van der Waals surface area contributed by atoms with Crippen molar-refractivity contribution >= 4 is 11.9 Å². The van der Waals surface area contributed by atoms with Gasteiger partial charge in [-0.2, -0.15) is 0 Å². The Kier molecular flexibility index (Phi) is 5.60. The molecule has 1 fully saturated rings. The lowest BCUT2D eigenvalue weighted by Gasteiger charge is -2.31. The van der Waals surface area contributed by atoms with Gasteiger partial charge in [-0.15, -0.1) is 0 Å². The van der Waals surface area contributed by atoms with Gasteiger partial charge in [-0.3, -0.25) is 4.79 Å². The zero-order valence-corrected chi connectivity index (χ0v) is 14.7. The van der Waals surface area contributed by atoms with Gasteiger partial charge in [0.1, 0.15) is 6.04 Å². The third-order valence-corrected chi connectivity index (χ3v) is 4.19. The van der Waals surface area contributed by atoms with Crippen LogP contribution in [0.1, 0.15) is 17.0 Å². The molecule has 1 aromatic carbocycles. The standard InChI is InChI=1S/C19H24N4O2/c1-14-12-15(2)21-19(20-14)22-17(13-16-6-4-3-5-7-16)18(24)23-8-10-25-11-9-23/h3-7,12,17H,8-11,13H2,1-2H3,(H,20,21,22)/t17-/m1/s1. The summed E-state index contributed by atoms with van der Waals surface area (Å²) in [4.78, 5) is 23.7. The summed E-state index contributed by atoms with van der Waals surface area (Å²) < 4.78 is 5.36. The van der Waals surface area contributed by atoms with Crippen molar-refractivity contribution < 1.29 is 9.53 Å². The molecule has 1 aliphatic heterocycles. The first-order valence-corrected chi connectivity index (χ1v) is 8.61. The van der Waals surface area contributed by atoms with Crippen molar-refractivity contribution in [2.24, 2.45) is 0 Å². The molecule has 1 atom stereocenters. The summed E-state index contributed by atoms with van der Waals surface area (Å²) in [6.07, 6.45) is 0.591. The first-order chi connectivity index (χ1) is 12.1. The lowest BCUT2D eigenvalue weighted by Crippen LogP contribution is -2.49. The van der Waals surface area contributed by atoms with Crippen molar-refractivity contribution in [2.75, 3.05) is 31.6 Å². The highest BCUT2D eigenvalue weighted by atomic mass is 16.5. The first kappa shape index (κ1) is 17.4. The van der Waals surface area contributed by atoms with Crippen LogP contribution in [0.25, 0.3) is 0 Å². The fourth-order valence-electron chi connectivity index (χ4n) is 3.00. The molecule has 0 saturated carbocycles. The number of ether oxygens (including phenoxy) is 1. The molecule has 1 saturated heterocycles. The molecule has 2 heterocycles. The molecule has 1 amide bonds. The van der Waals surface area contributed by atoms with Crippen LogP contribution in [-0.2, 0) is 16.0 Å². The van der Waals surface area contributed by atoms with E-state index in [0.29, 0.717) is 38.7 Å². The second-order valence-corrected chi connectivity index (χ2v) is 6.30. The number of rotatable bonds is 5. The topological polar surface area (TPSA) is 67.4 Å². The molecule has 3 rings (SSSR count). The number of morpholine rings is 1. The van der Waals surface area contributed by atoms with Crippen LogP contribution in [0.5, 0.6) is 0 Å². The highest BCUT2D eigenvalue weighted by Gasteiger charge is 2.26. The molecule has 1 N–H and O–H groups in total. The second kappa shape index (κ2) is 8.07. The lowest BCUT2D eigenvalue weighted by atomic mass is 10.0. The Labute approximate surface area is 148 Å². The molecule has 0 bridgehead atoms. The molecule has 1 aromatic heterocycles. The number of benzene rings is 1. The summed E-state index contributed by atoms with van der Waals surface area (Å²) in [5.41, 5.74) is 2.87. The molecule has 1 aliphatic rings. The summed E-state index contributed by atoms with van der Waals surface area (Å²) in [5.74, 6) is 0.565. The van der Waals surface area contributed by atoms with E-state index in [9.17, 15) is 4.79 Å². The van der Waals surface area contributed by atoms with Crippen LogP contribution in [0.3, 0.4) is 0 Å².